The van der Waals surface area contributed by atoms with Gasteiger partial charge in [0.2, 0.25) is 0 Å². The van der Waals surface area contributed by atoms with Crippen LogP contribution in [0.5, 0.6) is 11.5 Å². The van der Waals surface area contributed by atoms with Crippen LogP contribution in [0.15, 0.2) is 36.5 Å². The largest absolute Gasteiger partial charge is 0.493 e. The highest BCUT2D eigenvalue weighted by atomic mass is 16.5. The molecule has 2 heterocycles. The minimum Gasteiger partial charge on any atom is -0.493 e. The van der Waals surface area contributed by atoms with E-state index in [2.05, 4.69) is 9.88 Å². The van der Waals surface area contributed by atoms with Gasteiger partial charge >= 0.3 is 5.97 Å². The summed E-state index contributed by atoms with van der Waals surface area (Å²) in [5.74, 6) is 0.697. The Morgan fingerprint density at radius 1 is 1.07 bits per heavy atom. The summed E-state index contributed by atoms with van der Waals surface area (Å²) in [5.41, 5.74) is 0.755. The fourth-order valence-corrected chi connectivity index (χ4v) is 3.04. The molecule has 7 heteroatoms. The van der Waals surface area contributed by atoms with E-state index in [1.807, 2.05) is 0 Å². The molecule has 0 unspecified atom stereocenters. The van der Waals surface area contributed by atoms with Crippen LogP contribution in [-0.4, -0.2) is 50.7 Å². The van der Waals surface area contributed by atoms with Crippen LogP contribution in [0.25, 0.3) is 0 Å². The van der Waals surface area contributed by atoms with Gasteiger partial charge in [0.1, 0.15) is 11.4 Å². The summed E-state index contributed by atoms with van der Waals surface area (Å²) in [5, 5.41) is 0. The van der Waals surface area contributed by atoms with E-state index in [1.165, 1.54) is 14.2 Å². The summed E-state index contributed by atoms with van der Waals surface area (Å²) in [7, 11) is 3.02. The summed E-state index contributed by atoms with van der Waals surface area (Å²) in [4.78, 5) is 31.3. The van der Waals surface area contributed by atoms with Crippen molar-refractivity contribution in [1.29, 1.82) is 0 Å². The first-order valence-corrected chi connectivity index (χ1v) is 8.76. The average molecular weight is 370 g/mol. The number of ether oxygens (including phenoxy) is 3. The number of Topliss-reactive ketones (excluding diaryl/α,β-unsaturated/α-hetero) is 1. The summed E-state index contributed by atoms with van der Waals surface area (Å²) >= 11 is 0. The number of hydrogen-bond acceptors (Lipinski definition) is 7. The van der Waals surface area contributed by atoms with Crippen LogP contribution in [-0.2, 0) is 4.74 Å². The molecule has 0 aliphatic carbocycles. The minimum absolute atomic E-state index is 0.323. The molecule has 3 rings (SSSR count). The molecule has 1 aliphatic heterocycles. The van der Waals surface area contributed by atoms with Crippen LogP contribution >= 0.6 is 0 Å². The first-order valence-electron chi connectivity index (χ1n) is 8.76. The van der Waals surface area contributed by atoms with Gasteiger partial charge in [0.05, 0.1) is 14.2 Å². The van der Waals surface area contributed by atoms with E-state index < -0.39 is 5.97 Å². The Balaban J connectivity index is 1.68. The molecule has 1 aromatic heterocycles. The third kappa shape index (κ3) is 4.19. The average Bonchev–Trinajstić information content (AvgIpc) is 3.25. The topological polar surface area (TPSA) is 78.0 Å². The van der Waals surface area contributed by atoms with Gasteiger partial charge in [-0.15, -0.1) is 0 Å². The minimum atomic E-state index is -0.557. The Bertz CT molecular complexity index is 831. The summed E-state index contributed by atoms with van der Waals surface area (Å²) in [6.07, 6.45) is 3.80. The summed E-state index contributed by atoms with van der Waals surface area (Å²) < 4.78 is 15.6. The Kier molecular flexibility index (Phi) is 5.90. The van der Waals surface area contributed by atoms with Crippen molar-refractivity contribution in [2.24, 2.45) is 0 Å². The van der Waals surface area contributed by atoms with Gasteiger partial charge < -0.3 is 19.1 Å². The van der Waals surface area contributed by atoms with E-state index in [0.29, 0.717) is 28.4 Å². The molecule has 7 nitrogen and oxygen atoms in total. The zero-order valence-electron chi connectivity index (χ0n) is 15.4. The predicted molar refractivity (Wildman–Crippen MR) is 99.8 cm³/mol. The Hall–Kier alpha value is -3.09. The molecule has 0 spiro atoms. The van der Waals surface area contributed by atoms with Crippen LogP contribution in [0.2, 0.25) is 0 Å². The maximum absolute atomic E-state index is 12.5. The molecule has 1 aliphatic rings. The van der Waals surface area contributed by atoms with Gasteiger partial charge in [0.25, 0.3) is 0 Å². The second-order valence-corrected chi connectivity index (χ2v) is 6.14. The van der Waals surface area contributed by atoms with Gasteiger partial charge in [0.15, 0.2) is 23.9 Å². The number of benzene rings is 1. The number of anilines is 1. The third-order valence-corrected chi connectivity index (χ3v) is 4.45. The zero-order chi connectivity index (χ0) is 19.2. The molecule has 0 amide bonds. The van der Waals surface area contributed by atoms with Crippen LogP contribution < -0.4 is 14.4 Å². The van der Waals surface area contributed by atoms with Crippen LogP contribution in [0.3, 0.4) is 0 Å². The van der Waals surface area contributed by atoms with Gasteiger partial charge in [-0.25, -0.2) is 9.78 Å². The van der Waals surface area contributed by atoms with Crippen molar-refractivity contribution in [3.05, 3.63) is 47.7 Å². The molecular formula is C20H22N2O5. The van der Waals surface area contributed by atoms with E-state index in [9.17, 15) is 9.59 Å². The molecule has 0 bridgehead atoms. The number of pyridine rings is 1. The Labute approximate surface area is 157 Å². The molecule has 1 saturated heterocycles. The van der Waals surface area contributed by atoms with E-state index in [4.69, 9.17) is 14.2 Å². The van der Waals surface area contributed by atoms with Gasteiger partial charge in [-0.2, -0.15) is 0 Å². The van der Waals surface area contributed by atoms with Gasteiger partial charge in [0, 0.05) is 24.8 Å². The van der Waals surface area contributed by atoms with Crippen molar-refractivity contribution in [1.82, 2.24) is 4.98 Å². The molecule has 0 saturated carbocycles. The molecule has 27 heavy (non-hydrogen) atoms. The van der Waals surface area contributed by atoms with Gasteiger partial charge in [-0.05, 0) is 43.2 Å². The number of methoxy groups -OCH3 is 2. The number of esters is 1. The number of hydrogen-bond donors (Lipinski definition) is 0. The number of ketones is 1. The second-order valence-electron chi connectivity index (χ2n) is 6.14. The smallest absolute Gasteiger partial charge is 0.342 e. The lowest BCUT2D eigenvalue weighted by Crippen LogP contribution is -2.23. The van der Waals surface area contributed by atoms with Gasteiger partial charge in [-0.1, -0.05) is 0 Å². The van der Waals surface area contributed by atoms with Crippen molar-refractivity contribution >= 4 is 17.6 Å². The molecule has 1 fully saturated rings. The van der Waals surface area contributed by atoms with Crippen LogP contribution in [0, 0.1) is 0 Å². The fraction of sp³-hybridized carbons (Fsp3) is 0.350. The number of carbonyl (C=O) groups is 2. The van der Waals surface area contributed by atoms with E-state index in [0.717, 1.165) is 25.9 Å². The zero-order valence-corrected chi connectivity index (χ0v) is 15.4. The predicted octanol–water partition coefficient (Wildman–Crippen LogP) is 2.74. The molecule has 2 aromatic rings. The standard InChI is InChI=1S/C20H22N2O5/c1-25-17-8-7-14(12-18(17)26-2)16(23)13-27-20(24)15-6-5-9-21-19(15)22-10-3-4-11-22/h5-9,12H,3-4,10-11,13H2,1-2H3. The SMILES string of the molecule is COc1ccc(C(=O)COC(=O)c2cccnc2N2CCCC2)cc1OC. The monoisotopic (exact) mass is 370 g/mol. The first kappa shape index (κ1) is 18.7. The number of carbonyl (C=O) groups excluding carboxylic acids is 2. The fourth-order valence-electron chi connectivity index (χ4n) is 3.04. The molecule has 142 valence electrons. The maximum atomic E-state index is 12.5. The Morgan fingerprint density at radius 2 is 1.81 bits per heavy atom. The number of rotatable bonds is 7. The molecule has 0 radical (unpaired) electrons. The highest BCUT2D eigenvalue weighted by molar-refractivity contribution is 6.01. The molecular weight excluding hydrogens is 348 g/mol. The van der Waals surface area contributed by atoms with Crippen molar-refractivity contribution < 1.29 is 23.8 Å². The molecule has 1 aromatic carbocycles. The maximum Gasteiger partial charge on any atom is 0.342 e. The van der Waals surface area contributed by atoms with Crippen LogP contribution in [0.1, 0.15) is 33.6 Å². The number of aromatic nitrogens is 1. The summed E-state index contributed by atoms with van der Waals surface area (Å²) in [6.45, 7) is 1.37. The second kappa shape index (κ2) is 8.53. The highest BCUT2D eigenvalue weighted by Gasteiger charge is 2.22. The quantitative estimate of drug-likeness (QED) is 0.548. The van der Waals surface area contributed by atoms with E-state index in [1.54, 1.807) is 36.5 Å². The van der Waals surface area contributed by atoms with E-state index >= 15 is 0 Å². The number of nitrogens with zero attached hydrogens (tertiary/aromatic N) is 2. The van der Waals surface area contributed by atoms with Crippen molar-refractivity contribution in [2.75, 3.05) is 38.8 Å². The molecule has 0 atom stereocenters. The first-order chi connectivity index (χ1) is 13.1. The third-order valence-electron chi connectivity index (χ3n) is 4.45. The van der Waals surface area contributed by atoms with Crippen molar-refractivity contribution in [3.63, 3.8) is 0 Å². The lowest BCUT2D eigenvalue weighted by Gasteiger charge is -2.18. The lowest BCUT2D eigenvalue weighted by molar-refractivity contribution is 0.0475. The van der Waals surface area contributed by atoms with Crippen molar-refractivity contribution in [2.45, 2.75) is 12.8 Å². The Morgan fingerprint density at radius 3 is 2.52 bits per heavy atom. The van der Waals surface area contributed by atoms with Gasteiger partial charge in [-0.3, -0.25) is 4.79 Å². The van der Waals surface area contributed by atoms with Crippen molar-refractivity contribution in [3.8, 4) is 11.5 Å². The summed E-state index contributed by atoms with van der Waals surface area (Å²) in [6, 6.07) is 8.17. The lowest BCUT2D eigenvalue weighted by atomic mass is 10.1. The van der Waals surface area contributed by atoms with Crippen LogP contribution in [0.4, 0.5) is 5.82 Å². The highest BCUT2D eigenvalue weighted by Crippen LogP contribution is 2.28. The normalized spacial score (nSPS) is 13.3. The van der Waals surface area contributed by atoms with E-state index in [-0.39, 0.29) is 12.4 Å². The molecule has 0 N–H and O–H groups in total.